The number of rotatable bonds is 91. The fourth-order valence-electron chi connectivity index (χ4n) is 13.4. The topological polar surface area (TPSA) is 231 Å². The van der Waals surface area contributed by atoms with Crippen molar-refractivity contribution in [2.75, 3.05) is 39.6 Å². The van der Waals surface area contributed by atoms with Crippen molar-refractivity contribution in [1.82, 2.24) is 0 Å². The zero-order valence-corrected chi connectivity index (χ0v) is 76.6. The highest BCUT2D eigenvalue weighted by molar-refractivity contribution is 7.47. The van der Waals surface area contributed by atoms with Gasteiger partial charge in [-0.25, -0.2) is 9.13 Å². The Morgan fingerprint density at radius 3 is 0.744 bits per heavy atom. The maximum atomic E-state index is 13.0. The van der Waals surface area contributed by atoms with Crippen molar-refractivity contribution >= 4 is 33.6 Å². The highest BCUT2D eigenvalue weighted by Gasteiger charge is 2.30. The summed E-state index contributed by atoms with van der Waals surface area (Å²) >= 11 is 0. The number of hydrogen-bond acceptors (Lipinski definition) is 14. The number of phosphoric acid groups is 2. The van der Waals surface area contributed by atoms with Gasteiger partial charge in [0, 0.05) is 19.3 Å². The molecule has 18 heteroatoms. The molecule has 0 radical (unpaired) electrons. The molecule has 0 amide bonds. The summed E-state index contributed by atoms with van der Waals surface area (Å²) in [5.74, 6) is -1.56. The van der Waals surface area contributed by atoms with Gasteiger partial charge in [0.25, 0.3) is 0 Å². The van der Waals surface area contributed by atoms with Crippen LogP contribution in [0.1, 0.15) is 432 Å². The molecular formula is C99H176O16P2. The van der Waals surface area contributed by atoms with Gasteiger partial charge < -0.3 is 34.2 Å². The van der Waals surface area contributed by atoms with Gasteiger partial charge in [-0.1, -0.05) is 399 Å². The smallest absolute Gasteiger partial charge is 0.463 e. The van der Waals surface area contributed by atoms with Crippen LogP contribution in [0.25, 0.3) is 0 Å². The van der Waals surface area contributed by atoms with Gasteiger partial charge in [0.05, 0.1) is 26.4 Å². The van der Waals surface area contributed by atoms with Crippen LogP contribution in [-0.4, -0.2) is 95.9 Å². The van der Waals surface area contributed by atoms with Crippen molar-refractivity contribution in [2.45, 2.75) is 450 Å². The third-order valence-corrected chi connectivity index (χ3v) is 22.5. The van der Waals surface area contributed by atoms with E-state index >= 15 is 0 Å². The second-order valence-electron chi connectivity index (χ2n) is 32.1. The second-order valence-corrected chi connectivity index (χ2v) is 35.0. The summed E-state index contributed by atoms with van der Waals surface area (Å²) in [5, 5.41) is 20.7. The van der Waals surface area contributed by atoms with Gasteiger partial charge in [-0.15, -0.1) is 0 Å². The monoisotopic (exact) mass is 1680 g/mol. The molecule has 4 N–H and O–H groups in total. The Labute approximate surface area is 716 Å². The van der Waals surface area contributed by atoms with E-state index in [-0.39, 0.29) is 19.3 Å². The van der Waals surface area contributed by atoms with E-state index in [1.165, 1.54) is 244 Å². The normalized spacial score (nSPS) is 14.3. The molecule has 0 bridgehead atoms. The number of ether oxygens (including phenoxy) is 3. The Morgan fingerprint density at radius 1 is 0.248 bits per heavy atom. The summed E-state index contributed by atoms with van der Waals surface area (Å²) in [6, 6.07) is 0. The van der Waals surface area contributed by atoms with Crippen molar-refractivity contribution in [2.24, 2.45) is 0 Å². The Morgan fingerprint density at radius 2 is 0.453 bits per heavy atom. The molecule has 0 saturated heterocycles. The molecule has 0 aliphatic rings. The van der Waals surface area contributed by atoms with Crippen molar-refractivity contribution in [3.8, 4) is 0 Å². The van der Waals surface area contributed by atoms with Crippen LogP contribution in [0.3, 0.4) is 0 Å². The van der Waals surface area contributed by atoms with Crippen LogP contribution in [0.4, 0.5) is 0 Å². The number of esters is 3. The van der Waals surface area contributed by atoms with E-state index in [0.717, 1.165) is 128 Å². The summed E-state index contributed by atoms with van der Waals surface area (Å²) < 4.78 is 61.5. The van der Waals surface area contributed by atoms with Gasteiger partial charge in [-0.2, -0.15) is 0 Å². The number of unbranched alkanes of at least 4 members (excludes halogenated alkanes) is 48. The van der Waals surface area contributed by atoms with Gasteiger partial charge in [0.1, 0.15) is 25.4 Å². The molecule has 0 saturated carbocycles. The number of aliphatic hydroxyl groups excluding tert-OH is 2. The first-order chi connectivity index (χ1) is 57.2. The number of allylic oxidation sites excluding steroid dienone is 20. The SMILES string of the molecule is CC/C=C\C/C=C\C/C=C\C/C=C\C/C=C\CCCCCCCCCCCCCCCCCCCCCC(=O)OCC(O)COP(=O)(O)OCC(O)COP(=O)(O)OCC(COC(=O)CCCCCCCCCCCCCCCCC/C=C\C/C=C\C/C=C\C/C=C\CCCCC)OC(=O)CCCCCCC/C=C\CCCCCCCC. The zero-order chi connectivity index (χ0) is 85.1. The molecule has 117 heavy (non-hydrogen) atoms. The summed E-state index contributed by atoms with van der Waals surface area (Å²) in [6.07, 6.45) is 113. The predicted molar refractivity (Wildman–Crippen MR) is 491 cm³/mol. The first-order valence-electron chi connectivity index (χ1n) is 47.8. The average molecular weight is 1680 g/mol. The predicted octanol–water partition coefficient (Wildman–Crippen LogP) is 29.6. The molecule has 0 aliphatic heterocycles. The van der Waals surface area contributed by atoms with Gasteiger partial charge in [-0.3, -0.25) is 32.5 Å². The van der Waals surface area contributed by atoms with E-state index in [4.69, 9.17) is 32.3 Å². The minimum atomic E-state index is -4.94. The lowest BCUT2D eigenvalue weighted by atomic mass is 10.0. The fraction of sp³-hybridized carbons (Fsp3) is 0.768. The maximum absolute atomic E-state index is 13.0. The molecule has 0 aromatic heterocycles. The Bertz CT molecular complexity index is 2610. The maximum Gasteiger partial charge on any atom is 0.472 e. The van der Waals surface area contributed by atoms with Crippen molar-refractivity contribution < 1.29 is 75.8 Å². The second kappa shape index (κ2) is 91.2. The average Bonchev–Trinajstić information content (AvgIpc) is 0.886. The quantitative estimate of drug-likeness (QED) is 0.0146. The van der Waals surface area contributed by atoms with Crippen LogP contribution in [-0.2, 0) is 55.8 Å². The number of aliphatic hydroxyl groups is 2. The lowest BCUT2D eigenvalue weighted by Gasteiger charge is -2.21. The summed E-state index contributed by atoms with van der Waals surface area (Å²) in [7, 11) is -9.80. The van der Waals surface area contributed by atoms with E-state index in [2.05, 4.69) is 142 Å². The number of carbonyl (C=O) groups excluding carboxylic acids is 3. The van der Waals surface area contributed by atoms with Crippen LogP contribution in [0.2, 0.25) is 0 Å². The molecular weight excluding hydrogens is 1510 g/mol. The molecule has 0 aromatic carbocycles. The minimum Gasteiger partial charge on any atom is -0.463 e. The third-order valence-electron chi connectivity index (χ3n) is 20.6. The molecule has 16 nitrogen and oxygen atoms in total. The molecule has 678 valence electrons. The molecule has 5 unspecified atom stereocenters. The van der Waals surface area contributed by atoms with Crippen LogP contribution in [0, 0.1) is 0 Å². The first-order valence-corrected chi connectivity index (χ1v) is 50.8. The number of phosphoric ester groups is 2. The summed E-state index contributed by atoms with van der Waals surface area (Å²) in [4.78, 5) is 58.9. The number of hydrogen-bond donors (Lipinski definition) is 4. The van der Waals surface area contributed by atoms with E-state index in [9.17, 15) is 43.5 Å². The molecule has 0 heterocycles. The van der Waals surface area contributed by atoms with Gasteiger partial charge in [0.15, 0.2) is 6.10 Å². The first kappa shape index (κ1) is 113. The minimum absolute atomic E-state index is 0.0967. The van der Waals surface area contributed by atoms with Crippen LogP contribution >= 0.6 is 15.6 Å². The molecule has 0 spiro atoms. The summed E-state index contributed by atoms with van der Waals surface area (Å²) in [6.45, 7) is 2.60. The summed E-state index contributed by atoms with van der Waals surface area (Å²) in [5.41, 5.74) is 0. The molecule has 5 atom stereocenters. The Balaban J connectivity index is 4.40. The van der Waals surface area contributed by atoms with Gasteiger partial charge in [-0.05, 0) is 135 Å². The molecule has 0 rings (SSSR count). The van der Waals surface area contributed by atoms with Gasteiger partial charge in [0.2, 0.25) is 0 Å². The van der Waals surface area contributed by atoms with Crippen molar-refractivity contribution in [1.29, 1.82) is 0 Å². The third kappa shape index (κ3) is 92.5. The van der Waals surface area contributed by atoms with Crippen molar-refractivity contribution in [3.63, 3.8) is 0 Å². The fourth-order valence-corrected chi connectivity index (χ4v) is 15.0. The Hall–Kier alpha value is -4.05. The van der Waals surface area contributed by atoms with Crippen LogP contribution in [0.5, 0.6) is 0 Å². The molecule has 0 aliphatic carbocycles. The van der Waals surface area contributed by atoms with E-state index in [1.54, 1.807) is 0 Å². The molecule has 0 aromatic rings. The highest BCUT2D eigenvalue weighted by Crippen LogP contribution is 2.45. The molecule has 0 fully saturated rings. The van der Waals surface area contributed by atoms with E-state index in [1.807, 2.05) is 0 Å². The van der Waals surface area contributed by atoms with Crippen LogP contribution < -0.4 is 0 Å². The van der Waals surface area contributed by atoms with E-state index < -0.39 is 91.5 Å². The van der Waals surface area contributed by atoms with Crippen LogP contribution in [0.15, 0.2) is 122 Å². The van der Waals surface area contributed by atoms with E-state index in [0.29, 0.717) is 19.3 Å². The Kier molecular flexibility index (Phi) is 88.0. The lowest BCUT2D eigenvalue weighted by Crippen LogP contribution is -2.30. The largest absolute Gasteiger partial charge is 0.472 e. The zero-order valence-electron chi connectivity index (χ0n) is 74.9. The highest BCUT2D eigenvalue weighted by atomic mass is 31.2. The lowest BCUT2D eigenvalue weighted by molar-refractivity contribution is -0.161. The number of carbonyl (C=O) groups is 3. The van der Waals surface area contributed by atoms with Crippen molar-refractivity contribution in [3.05, 3.63) is 122 Å². The van der Waals surface area contributed by atoms with Gasteiger partial charge >= 0.3 is 33.6 Å². The standard InChI is InChI=1S/C99H176O16P2/c1-4-7-10-13-16-19-22-25-28-30-32-34-36-38-40-42-44-45-46-47-49-51-52-54-56-58-60-62-65-67-70-73-76-79-82-85-97(102)109-88-94(100)89-111-116(105,106)112-90-95(101)91-113-117(107,108)114-93-96(115-99(104)87-84-81-78-75-72-69-64-27-24-21-18-15-12-9-6-3)92-110-98(103)86-83-80-77-74-71-68-66-63-61-59-57-55-53-50-48-43-41-39-37-35-33-31-29-26-23-20-17-14-11-8-5-2/h7,10,16-17,19-20,25-29,32-35,38-41,64,94-96,100-101H,4-6,8-9,11-15,18,21-24,30-31,36-37,42-63,65-93H2,1-3H3,(H,105,106)(H,107,108)/b10-7-,19-16-,20-17-,28-25-,29-26-,34-32-,35-33-,40-38-,41-39-,64-27-.